The first-order chi connectivity index (χ1) is 18.1. The zero-order valence-corrected chi connectivity index (χ0v) is 21.5. The van der Waals surface area contributed by atoms with Gasteiger partial charge < -0.3 is 0 Å². The molecule has 5 heteroatoms. The maximum Gasteiger partial charge on any atom is 0.268 e. The Morgan fingerprint density at radius 3 is 2.27 bits per heavy atom. The van der Waals surface area contributed by atoms with Crippen molar-refractivity contribution in [2.75, 3.05) is 5.32 Å². The summed E-state index contributed by atoms with van der Waals surface area (Å²) < 4.78 is 0. The third kappa shape index (κ3) is 5.61. The predicted molar refractivity (Wildman–Crippen MR) is 154 cm³/mol. The van der Waals surface area contributed by atoms with Gasteiger partial charge in [-0.1, -0.05) is 86.1 Å². The molecular formula is C32H27N3OS. The lowest BCUT2D eigenvalue weighted by molar-refractivity contribution is -0.112. The zero-order chi connectivity index (χ0) is 25.6. The molecule has 182 valence electrons. The van der Waals surface area contributed by atoms with E-state index in [9.17, 15) is 10.1 Å². The first-order valence-corrected chi connectivity index (χ1v) is 13.3. The van der Waals surface area contributed by atoms with Crippen molar-refractivity contribution in [3.63, 3.8) is 0 Å². The van der Waals surface area contributed by atoms with E-state index in [1.165, 1.54) is 35.3 Å². The number of carbonyl (C=O) groups is 1. The van der Waals surface area contributed by atoms with Crippen LogP contribution < -0.4 is 5.32 Å². The summed E-state index contributed by atoms with van der Waals surface area (Å²) in [4.78, 5) is 18.5. The molecule has 0 bridgehead atoms. The molecule has 1 aromatic heterocycles. The van der Waals surface area contributed by atoms with Crippen molar-refractivity contribution >= 4 is 50.0 Å². The molecule has 0 aliphatic carbocycles. The minimum absolute atomic E-state index is 0.0425. The Morgan fingerprint density at radius 2 is 1.62 bits per heavy atom. The van der Waals surface area contributed by atoms with Gasteiger partial charge in [-0.3, -0.25) is 10.1 Å². The average Bonchev–Trinajstić information content (AvgIpc) is 3.37. The van der Waals surface area contributed by atoms with Gasteiger partial charge in [-0.05, 0) is 63.2 Å². The maximum absolute atomic E-state index is 13.1. The molecule has 4 aromatic carbocycles. The number of unbranched alkanes of at least 4 members (excludes halogenated alkanes) is 1. The number of aromatic nitrogens is 1. The fourth-order valence-electron chi connectivity index (χ4n) is 4.51. The third-order valence-electron chi connectivity index (χ3n) is 6.46. The molecule has 0 unspecified atom stereocenters. The van der Waals surface area contributed by atoms with E-state index in [2.05, 4.69) is 53.6 Å². The van der Waals surface area contributed by atoms with Gasteiger partial charge in [0.05, 0.1) is 0 Å². The Balaban J connectivity index is 1.36. The van der Waals surface area contributed by atoms with Crippen LogP contribution in [0, 0.1) is 11.3 Å². The number of thiazole rings is 1. The number of aryl methyl sites for hydroxylation is 1. The Labute approximate surface area is 220 Å². The van der Waals surface area contributed by atoms with E-state index in [0.717, 1.165) is 44.8 Å². The molecule has 1 N–H and O–H groups in total. The molecule has 5 rings (SSSR count). The van der Waals surface area contributed by atoms with Crippen LogP contribution in [0.1, 0.15) is 41.3 Å². The number of rotatable bonds is 8. The summed E-state index contributed by atoms with van der Waals surface area (Å²) in [6, 6.07) is 29.0. The molecule has 0 atom stereocenters. The molecule has 4 nitrogen and oxygen atoms in total. The predicted octanol–water partition coefficient (Wildman–Crippen LogP) is 7.93. The smallest absolute Gasteiger partial charge is 0.268 e. The molecule has 5 aromatic rings. The Kier molecular flexibility index (Phi) is 7.39. The summed E-state index contributed by atoms with van der Waals surface area (Å²) in [6.07, 6.45) is 7.74. The van der Waals surface area contributed by atoms with Gasteiger partial charge in [0.15, 0.2) is 5.13 Å². The van der Waals surface area contributed by atoms with Crippen LogP contribution in [0.4, 0.5) is 5.13 Å². The summed E-state index contributed by atoms with van der Waals surface area (Å²) in [5.41, 5.74) is 3.48. The van der Waals surface area contributed by atoms with E-state index in [1.807, 2.05) is 48.5 Å². The highest BCUT2D eigenvalue weighted by Crippen LogP contribution is 2.30. The van der Waals surface area contributed by atoms with Crippen molar-refractivity contribution in [2.24, 2.45) is 0 Å². The van der Waals surface area contributed by atoms with E-state index in [0.29, 0.717) is 5.13 Å². The molecule has 0 fully saturated rings. The Hall–Kier alpha value is -4.27. The van der Waals surface area contributed by atoms with Gasteiger partial charge in [-0.25, -0.2) is 4.98 Å². The number of hydrogen-bond acceptors (Lipinski definition) is 4. The number of nitriles is 1. The van der Waals surface area contributed by atoms with Gasteiger partial charge in [0, 0.05) is 17.5 Å². The lowest BCUT2D eigenvalue weighted by atomic mass is 9.95. The first-order valence-electron chi connectivity index (χ1n) is 12.5. The summed E-state index contributed by atoms with van der Waals surface area (Å²) in [6.45, 7) is 2.20. The highest BCUT2D eigenvalue weighted by molar-refractivity contribution is 7.15. The number of benzene rings is 4. The second-order valence-electron chi connectivity index (χ2n) is 9.09. The van der Waals surface area contributed by atoms with Crippen LogP contribution in [0.3, 0.4) is 0 Å². The van der Waals surface area contributed by atoms with Gasteiger partial charge in [-0.15, -0.1) is 11.3 Å². The van der Waals surface area contributed by atoms with Crippen LogP contribution in [-0.2, 0) is 17.6 Å². The van der Waals surface area contributed by atoms with Gasteiger partial charge in [0.1, 0.15) is 11.6 Å². The van der Waals surface area contributed by atoms with Crippen LogP contribution in [0.2, 0.25) is 0 Å². The maximum atomic E-state index is 13.1. The van der Waals surface area contributed by atoms with Crippen LogP contribution in [0.5, 0.6) is 0 Å². The van der Waals surface area contributed by atoms with E-state index >= 15 is 0 Å². The Morgan fingerprint density at radius 1 is 0.973 bits per heavy atom. The molecule has 0 spiro atoms. The van der Waals surface area contributed by atoms with Crippen molar-refractivity contribution in [3.05, 3.63) is 112 Å². The number of hydrogen-bond donors (Lipinski definition) is 1. The quantitative estimate of drug-likeness (QED) is 0.133. The van der Waals surface area contributed by atoms with Crippen molar-refractivity contribution in [1.29, 1.82) is 5.26 Å². The lowest BCUT2D eigenvalue weighted by Crippen LogP contribution is -2.13. The number of carbonyl (C=O) groups excluding carboxylic acids is 1. The number of amides is 1. The molecular weight excluding hydrogens is 474 g/mol. The summed E-state index contributed by atoms with van der Waals surface area (Å²) >= 11 is 1.43. The van der Waals surface area contributed by atoms with Crippen LogP contribution >= 0.6 is 11.3 Å². The van der Waals surface area contributed by atoms with E-state index in [4.69, 9.17) is 0 Å². The van der Waals surface area contributed by atoms with Gasteiger partial charge >= 0.3 is 0 Å². The molecule has 1 heterocycles. The average molecular weight is 502 g/mol. The number of fused-ring (bicyclic) bond motifs is 2. The molecule has 0 aliphatic rings. The summed E-state index contributed by atoms with van der Waals surface area (Å²) in [7, 11) is 0. The van der Waals surface area contributed by atoms with Crippen molar-refractivity contribution in [2.45, 2.75) is 32.6 Å². The molecule has 1 amide bonds. The highest BCUT2D eigenvalue weighted by Gasteiger charge is 2.14. The standard InChI is InChI=1S/C32H27N3OS/c1-2-3-8-22-13-15-23(16-14-22)17-27-21-34-32(37-27)35-31(36)26(20-33)19-30-28-11-6-4-9-24(28)18-25-10-5-7-12-29(25)30/h4-7,9-16,18-19,21H,2-3,8,17H2,1H3,(H,34,35,36)/b26-19+. The molecule has 0 aliphatic heterocycles. The monoisotopic (exact) mass is 501 g/mol. The summed E-state index contributed by atoms with van der Waals surface area (Å²) in [5.74, 6) is -0.458. The highest BCUT2D eigenvalue weighted by atomic mass is 32.1. The minimum atomic E-state index is -0.458. The minimum Gasteiger partial charge on any atom is -0.297 e. The van der Waals surface area contributed by atoms with Crippen molar-refractivity contribution in [1.82, 2.24) is 4.98 Å². The van der Waals surface area contributed by atoms with E-state index < -0.39 is 5.91 Å². The van der Waals surface area contributed by atoms with Gasteiger partial charge in [0.2, 0.25) is 0 Å². The fourth-order valence-corrected chi connectivity index (χ4v) is 5.36. The van der Waals surface area contributed by atoms with Crippen LogP contribution in [0.25, 0.3) is 27.6 Å². The first kappa shape index (κ1) is 24.4. The normalized spacial score (nSPS) is 11.5. The fraction of sp³-hybridized carbons (Fsp3) is 0.156. The second-order valence-corrected chi connectivity index (χ2v) is 10.2. The number of nitrogens with zero attached hydrogens (tertiary/aromatic N) is 2. The Bertz CT molecular complexity index is 1590. The van der Waals surface area contributed by atoms with E-state index in [-0.39, 0.29) is 5.57 Å². The van der Waals surface area contributed by atoms with Crippen molar-refractivity contribution < 1.29 is 4.79 Å². The lowest BCUT2D eigenvalue weighted by Gasteiger charge is -2.09. The zero-order valence-electron chi connectivity index (χ0n) is 20.7. The van der Waals surface area contributed by atoms with Gasteiger partial charge in [0.25, 0.3) is 5.91 Å². The van der Waals surface area contributed by atoms with Crippen LogP contribution in [0.15, 0.2) is 90.6 Å². The molecule has 0 saturated heterocycles. The number of anilines is 1. The van der Waals surface area contributed by atoms with Gasteiger partial charge in [-0.2, -0.15) is 5.26 Å². The number of nitrogens with one attached hydrogen (secondary N) is 1. The largest absolute Gasteiger partial charge is 0.297 e. The second kappa shape index (κ2) is 11.2. The summed E-state index contributed by atoms with van der Waals surface area (Å²) in [5, 5.41) is 17.3. The van der Waals surface area contributed by atoms with Crippen molar-refractivity contribution in [3.8, 4) is 6.07 Å². The third-order valence-corrected chi connectivity index (χ3v) is 7.37. The molecule has 37 heavy (non-hydrogen) atoms. The topological polar surface area (TPSA) is 65.8 Å². The van der Waals surface area contributed by atoms with E-state index in [1.54, 1.807) is 12.3 Å². The van der Waals surface area contributed by atoms with Crippen LogP contribution in [-0.4, -0.2) is 10.9 Å². The SMILES string of the molecule is CCCCc1ccc(Cc2cnc(NC(=O)/C(C#N)=C/c3c4ccccc4cc4ccccc34)s2)cc1. The molecule has 0 radical (unpaired) electrons. The molecule has 0 saturated carbocycles.